The van der Waals surface area contributed by atoms with Gasteiger partial charge >= 0.3 is 5.97 Å². The van der Waals surface area contributed by atoms with Crippen LogP contribution in [0.2, 0.25) is 0 Å². The van der Waals surface area contributed by atoms with Crippen LogP contribution < -0.4 is 11.5 Å². The molecule has 0 saturated carbocycles. The third-order valence-corrected chi connectivity index (χ3v) is 1.87. The van der Waals surface area contributed by atoms with Crippen molar-refractivity contribution in [3.05, 3.63) is 23.0 Å². The largest absolute Gasteiger partial charge is 0.478 e. The maximum Gasteiger partial charge on any atom is 0.338 e. The van der Waals surface area contributed by atoms with Crippen LogP contribution in [0.4, 0.5) is 14.5 Å². The number of nitrogens with zero attached hydrogens (tertiary/aromatic N) is 1. The second-order valence-electron chi connectivity index (χ2n) is 2.76. The molecule has 0 aliphatic rings. The van der Waals surface area contributed by atoms with Crippen LogP contribution in [0.3, 0.4) is 0 Å². The molecule has 82 valence electrons. The molecule has 0 aliphatic carbocycles. The summed E-state index contributed by atoms with van der Waals surface area (Å²) in [5, 5.41) is 8.77. The van der Waals surface area contributed by atoms with Gasteiger partial charge in [0.2, 0.25) is 0 Å². The van der Waals surface area contributed by atoms with Crippen LogP contribution >= 0.6 is 0 Å². The lowest BCUT2D eigenvalue weighted by Crippen LogP contribution is -2.15. The minimum Gasteiger partial charge on any atom is -0.478 e. The number of alkyl halides is 2. The number of aromatic nitrogens is 1. The predicted molar refractivity (Wildman–Crippen MR) is 48.5 cm³/mol. The first kappa shape index (κ1) is 11.3. The van der Waals surface area contributed by atoms with Gasteiger partial charge in [0.1, 0.15) is 5.69 Å². The van der Waals surface area contributed by atoms with Crippen LogP contribution in [0, 0.1) is 0 Å². The van der Waals surface area contributed by atoms with Crippen molar-refractivity contribution in [1.82, 2.24) is 4.98 Å². The average Bonchev–Trinajstić information content (AvgIpc) is 2.16. The molecule has 0 aromatic carbocycles. The highest BCUT2D eigenvalue weighted by Gasteiger charge is 2.24. The number of carbonyl (C=O) groups is 1. The summed E-state index contributed by atoms with van der Waals surface area (Å²) >= 11 is 0. The Labute approximate surface area is 83.7 Å². The van der Waals surface area contributed by atoms with Crippen LogP contribution in [0.25, 0.3) is 0 Å². The molecule has 1 aromatic heterocycles. The second-order valence-corrected chi connectivity index (χ2v) is 2.76. The van der Waals surface area contributed by atoms with Crippen molar-refractivity contribution in [3.63, 3.8) is 0 Å². The molecule has 0 unspecified atom stereocenters. The molecule has 1 rings (SSSR count). The molecule has 15 heavy (non-hydrogen) atoms. The molecule has 1 aromatic rings. The van der Waals surface area contributed by atoms with Gasteiger partial charge in [-0.05, 0) is 0 Å². The van der Waals surface area contributed by atoms with Gasteiger partial charge < -0.3 is 16.6 Å². The fourth-order valence-corrected chi connectivity index (χ4v) is 1.20. The van der Waals surface area contributed by atoms with E-state index in [0.29, 0.717) is 0 Å². The Morgan fingerprint density at radius 2 is 2.20 bits per heavy atom. The van der Waals surface area contributed by atoms with Crippen molar-refractivity contribution in [3.8, 4) is 0 Å². The maximum absolute atomic E-state index is 12.4. The molecule has 7 heteroatoms. The molecule has 0 amide bonds. The zero-order valence-corrected chi connectivity index (χ0v) is 7.58. The molecule has 0 atom stereocenters. The summed E-state index contributed by atoms with van der Waals surface area (Å²) in [7, 11) is 0. The monoisotopic (exact) mass is 217 g/mol. The second kappa shape index (κ2) is 4.18. The molecule has 5 N–H and O–H groups in total. The van der Waals surface area contributed by atoms with E-state index < -0.39 is 23.7 Å². The fourth-order valence-electron chi connectivity index (χ4n) is 1.20. The number of hydrogen-bond donors (Lipinski definition) is 3. The van der Waals surface area contributed by atoms with Gasteiger partial charge in [0.05, 0.1) is 17.4 Å². The van der Waals surface area contributed by atoms with Crippen molar-refractivity contribution in [1.29, 1.82) is 0 Å². The number of aromatic carboxylic acids is 1. The van der Waals surface area contributed by atoms with Crippen molar-refractivity contribution < 1.29 is 18.7 Å². The molecular formula is C8H9F2N3O2. The first-order valence-electron chi connectivity index (χ1n) is 3.97. The summed E-state index contributed by atoms with van der Waals surface area (Å²) in [5.41, 5.74) is 9.20. The minimum atomic E-state index is -2.97. The van der Waals surface area contributed by atoms with Crippen molar-refractivity contribution >= 4 is 11.7 Å². The Morgan fingerprint density at radius 1 is 1.60 bits per heavy atom. The van der Waals surface area contributed by atoms with E-state index in [1.807, 2.05) is 0 Å². The van der Waals surface area contributed by atoms with E-state index in [4.69, 9.17) is 16.6 Å². The smallest absolute Gasteiger partial charge is 0.338 e. The predicted octanol–water partition coefficient (Wildman–Crippen LogP) is 0.758. The Kier molecular flexibility index (Phi) is 3.15. The van der Waals surface area contributed by atoms with Crippen LogP contribution in [0.15, 0.2) is 6.20 Å². The molecular weight excluding hydrogens is 208 g/mol. The first-order valence-corrected chi connectivity index (χ1v) is 3.97. The van der Waals surface area contributed by atoms with E-state index in [9.17, 15) is 13.6 Å². The van der Waals surface area contributed by atoms with Gasteiger partial charge in [0, 0.05) is 12.1 Å². The molecule has 0 bridgehead atoms. The molecule has 0 fully saturated rings. The average molecular weight is 217 g/mol. The highest BCUT2D eigenvalue weighted by atomic mass is 19.3. The standard InChI is InChI=1S/C8H9F2N3O2/c9-7(10)6-5(8(14)15)3(1-11)4(12)2-13-6/h2,7H,1,11-12H2,(H,14,15). The number of halogens is 2. The summed E-state index contributed by atoms with van der Waals surface area (Å²) in [5.74, 6) is -1.51. The first-order chi connectivity index (χ1) is 6.99. The summed E-state index contributed by atoms with van der Waals surface area (Å²) in [6, 6.07) is 0. The summed E-state index contributed by atoms with van der Waals surface area (Å²) < 4.78 is 24.9. The van der Waals surface area contributed by atoms with Crippen LogP contribution in [-0.2, 0) is 6.54 Å². The lowest BCUT2D eigenvalue weighted by molar-refractivity contribution is 0.0681. The number of nitrogen functional groups attached to an aromatic ring is 1. The van der Waals surface area contributed by atoms with Crippen LogP contribution in [0.5, 0.6) is 0 Å². The van der Waals surface area contributed by atoms with Crippen molar-refractivity contribution in [2.75, 3.05) is 5.73 Å². The third-order valence-electron chi connectivity index (χ3n) is 1.87. The Hall–Kier alpha value is -1.76. The summed E-state index contributed by atoms with van der Waals surface area (Å²) in [6.07, 6.45) is -1.99. The Morgan fingerprint density at radius 3 is 2.60 bits per heavy atom. The van der Waals surface area contributed by atoms with Crippen molar-refractivity contribution in [2.45, 2.75) is 13.0 Å². The number of pyridine rings is 1. The van der Waals surface area contributed by atoms with Crippen LogP contribution in [0.1, 0.15) is 28.0 Å². The number of carboxylic acids is 1. The molecule has 0 spiro atoms. The van der Waals surface area contributed by atoms with E-state index in [1.165, 1.54) is 0 Å². The molecule has 0 aliphatic heterocycles. The van der Waals surface area contributed by atoms with E-state index >= 15 is 0 Å². The third kappa shape index (κ3) is 2.01. The van der Waals surface area contributed by atoms with E-state index in [2.05, 4.69) is 4.98 Å². The summed E-state index contributed by atoms with van der Waals surface area (Å²) in [4.78, 5) is 14.1. The molecule has 0 radical (unpaired) electrons. The Bertz CT molecular complexity index is 396. The van der Waals surface area contributed by atoms with E-state index in [1.54, 1.807) is 0 Å². The fraction of sp³-hybridized carbons (Fsp3) is 0.250. The molecule has 5 nitrogen and oxygen atoms in total. The minimum absolute atomic E-state index is 0.000648. The van der Waals surface area contributed by atoms with Gasteiger partial charge in [-0.2, -0.15) is 0 Å². The number of hydrogen-bond acceptors (Lipinski definition) is 4. The zero-order valence-electron chi connectivity index (χ0n) is 7.58. The van der Waals surface area contributed by atoms with Crippen LogP contribution in [-0.4, -0.2) is 16.1 Å². The van der Waals surface area contributed by atoms with Gasteiger partial charge in [-0.15, -0.1) is 0 Å². The van der Waals surface area contributed by atoms with Gasteiger partial charge in [0.25, 0.3) is 6.43 Å². The summed E-state index contributed by atoms with van der Waals surface area (Å²) in [6.45, 7) is -0.226. The lowest BCUT2D eigenvalue weighted by atomic mass is 10.1. The van der Waals surface area contributed by atoms with E-state index in [-0.39, 0.29) is 17.8 Å². The van der Waals surface area contributed by atoms with Gasteiger partial charge in [-0.25, -0.2) is 13.6 Å². The number of rotatable bonds is 3. The molecule has 0 saturated heterocycles. The number of nitrogens with two attached hydrogens (primary N) is 2. The quantitative estimate of drug-likeness (QED) is 0.693. The normalized spacial score (nSPS) is 10.7. The van der Waals surface area contributed by atoms with E-state index in [0.717, 1.165) is 6.20 Å². The number of carboxylic acid groups (broad SMARTS) is 1. The van der Waals surface area contributed by atoms with Gasteiger partial charge in [0.15, 0.2) is 0 Å². The lowest BCUT2D eigenvalue weighted by Gasteiger charge is -2.10. The molecule has 1 heterocycles. The Balaban J connectivity index is 3.49. The maximum atomic E-state index is 12.4. The van der Waals surface area contributed by atoms with Gasteiger partial charge in [-0.3, -0.25) is 4.98 Å². The highest BCUT2D eigenvalue weighted by Crippen LogP contribution is 2.26. The topological polar surface area (TPSA) is 102 Å². The van der Waals surface area contributed by atoms with Gasteiger partial charge in [-0.1, -0.05) is 0 Å². The highest BCUT2D eigenvalue weighted by molar-refractivity contribution is 5.92. The zero-order chi connectivity index (χ0) is 11.6. The SMILES string of the molecule is NCc1c(N)cnc(C(F)F)c1C(=O)O. The number of anilines is 1. The van der Waals surface area contributed by atoms with Crippen molar-refractivity contribution in [2.24, 2.45) is 5.73 Å².